The van der Waals surface area contributed by atoms with Crippen LogP contribution in [0.4, 0.5) is 11.4 Å². The Morgan fingerprint density at radius 2 is 1.24 bits per heavy atom. The second-order valence-corrected chi connectivity index (χ2v) is 20.8. The number of fused-ring (bicyclic) bond motifs is 12. The van der Waals surface area contributed by atoms with Crippen LogP contribution < -0.4 is 16.2 Å². The summed E-state index contributed by atoms with van der Waals surface area (Å²) < 4.78 is 11.8. The molecular weight excluding hydrogens is 735 g/mol. The first kappa shape index (κ1) is 36.3. The number of hydrogen-bond donors (Lipinski definition) is 1. The van der Waals surface area contributed by atoms with Gasteiger partial charge < -0.3 is 14.3 Å². The molecule has 0 saturated carbocycles. The molecule has 11 rings (SSSR count). The molecule has 5 heteroatoms. The van der Waals surface area contributed by atoms with Gasteiger partial charge in [-0.25, -0.2) is 0 Å². The van der Waals surface area contributed by atoms with Crippen molar-refractivity contribution in [1.29, 1.82) is 0 Å². The standard InChI is InChI=1S/C54H48BN2OS/c1-52(2,3)30-18-22-33(23-19-30)56-40-24-20-31(53(4,5)6)26-37(40)46-47-35-15-11-13-17-45(35)59-51(47)48-38-27-32(54(7,8)9)21-25-41(38)57-42-28-36-34-14-10-12-16-43(34)58-44(36)29-39(42)55-49(46)50(48)57/h10-29,56H,1-9H3. The van der Waals surface area contributed by atoms with Crippen molar-refractivity contribution in [3.05, 3.63) is 138 Å². The highest BCUT2D eigenvalue weighted by atomic mass is 32.1. The summed E-state index contributed by atoms with van der Waals surface area (Å²) in [5, 5.41) is 11.5. The fourth-order valence-electron chi connectivity index (χ4n) is 9.41. The highest BCUT2D eigenvalue weighted by Gasteiger charge is 2.33. The van der Waals surface area contributed by atoms with Gasteiger partial charge in [-0.3, -0.25) is 0 Å². The van der Waals surface area contributed by atoms with E-state index in [0.717, 1.165) is 38.8 Å². The van der Waals surface area contributed by atoms with Gasteiger partial charge >= 0.3 is 0 Å². The Balaban J connectivity index is 1.30. The molecule has 3 nitrogen and oxygen atoms in total. The molecule has 0 fully saturated rings. The largest absolute Gasteiger partial charge is 0.456 e. The number of aromatic nitrogens is 1. The number of hydrogen-bond acceptors (Lipinski definition) is 3. The summed E-state index contributed by atoms with van der Waals surface area (Å²) >= 11 is 1.93. The topological polar surface area (TPSA) is 30.1 Å². The van der Waals surface area contributed by atoms with Gasteiger partial charge in [0.25, 0.3) is 0 Å². The highest BCUT2D eigenvalue weighted by molar-refractivity contribution is 7.27. The minimum absolute atomic E-state index is 0.00417. The van der Waals surface area contributed by atoms with Crippen molar-refractivity contribution >= 4 is 105 Å². The van der Waals surface area contributed by atoms with Crippen LogP contribution in [0.5, 0.6) is 0 Å². The lowest BCUT2D eigenvalue weighted by molar-refractivity contribution is 0.590. The van der Waals surface area contributed by atoms with Gasteiger partial charge in [-0.1, -0.05) is 128 Å². The molecule has 289 valence electrons. The molecule has 1 aliphatic heterocycles. The number of thiophene rings is 1. The van der Waals surface area contributed by atoms with E-state index in [9.17, 15) is 0 Å². The number of benzene rings is 7. The van der Waals surface area contributed by atoms with Crippen molar-refractivity contribution in [2.75, 3.05) is 5.32 Å². The number of para-hydroxylation sites is 1. The normalized spacial score (nSPS) is 13.3. The molecule has 1 aliphatic rings. The molecule has 4 heterocycles. The Hall–Kier alpha value is -5.78. The smallest absolute Gasteiger partial charge is 0.198 e. The van der Waals surface area contributed by atoms with Crippen LogP contribution in [0.25, 0.3) is 80.7 Å². The Labute approximate surface area is 350 Å². The fourth-order valence-corrected chi connectivity index (χ4v) is 10.7. The zero-order valence-electron chi connectivity index (χ0n) is 35.4. The van der Waals surface area contributed by atoms with Gasteiger partial charge in [-0.15, -0.1) is 11.3 Å². The van der Waals surface area contributed by atoms with Crippen LogP contribution in [0.2, 0.25) is 0 Å². The van der Waals surface area contributed by atoms with E-state index >= 15 is 0 Å². The van der Waals surface area contributed by atoms with E-state index in [4.69, 9.17) is 4.42 Å². The summed E-state index contributed by atoms with van der Waals surface area (Å²) in [7, 11) is 2.46. The SMILES string of the molecule is CC(C)(C)c1ccc(Nc2ccc(C(C)(C)C)cc2-c2c3c4c(c5cc(C(C)(C)C)ccc5n4-c4cc5c(cc4[B]3)oc3ccccc35)c3sc4ccccc4c23)cc1. The van der Waals surface area contributed by atoms with E-state index < -0.39 is 0 Å². The Morgan fingerprint density at radius 3 is 1.98 bits per heavy atom. The first-order valence-electron chi connectivity index (χ1n) is 20.9. The minimum Gasteiger partial charge on any atom is -0.456 e. The molecular formula is C54H48BN2OS. The summed E-state index contributed by atoms with van der Waals surface area (Å²) in [6.45, 7) is 20.7. The average Bonchev–Trinajstić information content (AvgIpc) is 3.87. The van der Waals surface area contributed by atoms with Crippen LogP contribution in [-0.4, -0.2) is 11.8 Å². The Kier molecular flexibility index (Phi) is 7.62. The van der Waals surface area contributed by atoms with Crippen LogP contribution in [-0.2, 0) is 16.2 Å². The summed E-state index contributed by atoms with van der Waals surface area (Å²) in [4.78, 5) is 0. The first-order chi connectivity index (χ1) is 28.1. The lowest BCUT2D eigenvalue weighted by Crippen LogP contribution is -2.37. The molecule has 1 N–H and O–H groups in total. The predicted molar refractivity (Wildman–Crippen MR) is 257 cm³/mol. The monoisotopic (exact) mass is 783 g/mol. The molecule has 0 atom stereocenters. The van der Waals surface area contributed by atoms with Gasteiger partial charge in [0.05, 0.1) is 11.0 Å². The maximum absolute atomic E-state index is 6.56. The molecule has 3 aromatic heterocycles. The third-order valence-corrected chi connectivity index (χ3v) is 13.9. The van der Waals surface area contributed by atoms with E-state index in [1.807, 2.05) is 11.3 Å². The summed E-state index contributed by atoms with van der Waals surface area (Å²) in [6.07, 6.45) is 0. The molecule has 0 saturated heterocycles. The van der Waals surface area contributed by atoms with Crippen molar-refractivity contribution in [1.82, 2.24) is 4.57 Å². The zero-order valence-corrected chi connectivity index (χ0v) is 36.2. The summed E-state index contributed by atoms with van der Waals surface area (Å²) in [5.41, 5.74) is 16.5. The quantitative estimate of drug-likeness (QED) is 0.181. The summed E-state index contributed by atoms with van der Waals surface area (Å²) in [6, 6.07) is 45.4. The second-order valence-electron chi connectivity index (χ2n) is 19.7. The van der Waals surface area contributed by atoms with Crippen LogP contribution in [0.3, 0.4) is 0 Å². The zero-order chi connectivity index (χ0) is 40.7. The van der Waals surface area contributed by atoms with E-state index in [0.29, 0.717) is 0 Å². The maximum atomic E-state index is 6.56. The molecule has 7 aromatic carbocycles. The molecule has 1 radical (unpaired) electrons. The van der Waals surface area contributed by atoms with Crippen LogP contribution in [0.1, 0.15) is 79.0 Å². The van der Waals surface area contributed by atoms with E-state index in [-0.39, 0.29) is 16.2 Å². The van der Waals surface area contributed by atoms with E-state index in [1.54, 1.807) is 0 Å². The van der Waals surface area contributed by atoms with Gasteiger partial charge in [-0.05, 0) is 105 Å². The predicted octanol–water partition coefficient (Wildman–Crippen LogP) is 14.3. The average molecular weight is 784 g/mol. The van der Waals surface area contributed by atoms with Gasteiger partial charge in [-0.2, -0.15) is 0 Å². The molecule has 59 heavy (non-hydrogen) atoms. The Bertz CT molecular complexity index is 3370. The fraction of sp³-hybridized carbons (Fsp3) is 0.222. The molecule has 0 amide bonds. The highest BCUT2D eigenvalue weighted by Crippen LogP contribution is 2.50. The van der Waals surface area contributed by atoms with Gasteiger partial charge in [0.2, 0.25) is 0 Å². The molecule has 0 bridgehead atoms. The first-order valence-corrected chi connectivity index (χ1v) is 21.7. The van der Waals surface area contributed by atoms with Crippen molar-refractivity contribution in [2.45, 2.75) is 78.6 Å². The number of nitrogens with zero attached hydrogens (tertiary/aromatic N) is 1. The molecule has 10 aromatic rings. The third kappa shape index (κ3) is 5.54. The van der Waals surface area contributed by atoms with Crippen LogP contribution >= 0.6 is 11.3 Å². The van der Waals surface area contributed by atoms with Crippen LogP contribution in [0, 0.1) is 0 Å². The molecule has 0 spiro atoms. The van der Waals surface area contributed by atoms with Gasteiger partial charge in [0, 0.05) is 64.3 Å². The van der Waals surface area contributed by atoms with Crippen molar-refractivity contribution in [3.63, 3.8) is 0 Å². The molecule has 0 aliphatic carbocycles. The summed E-state index contributed by atoms with van der Waals surface area (Å²) in [5.74, 6) is 0. The lowest BCUT2D eigenvalue weighted by Gasteiger charge is -2.27. The van der Waals surface area contributed by atoms with E-state index in [2.05, 4.69) is 201 Å². The lowest BCUT2D eigenvalue weighted by atomic mass is 9.58. The minimum atomic E-state index is -0.0553. The van der Waals surface area contributed by atoms with Crippen molar-refractivity contribution in [2.24, 2.45) is 0 Å². The number of rotatable bonds is 3. The third-order valence-electron chi connectivity index (χ3n) is 12.7. The maximum Gasteiger partial charge on any atom is 0.198 e. The van der Waals surface area contributed by atoms with Crippen molar-refractivity contribution in [3.8, 4) is 16.8 Å². The molecule has 0 unspecified atom stereocenters. The Morgan fingerprint density at radius 1 is 0.576 bits per heavy atom. The van der Waals surface area contributed by atoms with Gasteiger partial charge in [0.15, 0.2) is 7.28 Å². The van der Waals surface area contributed by atoms with Crippen LogP contribution in [0.15, 0.2) is 126 Å². The number of anilines is 2. The van der Waals surface area contributed by atoms with Gasteiger partial charge in [0.1, 0.15) is 11.2 Å². The van der Waals surface area contributed by atoms with Crippen molar-refractivity contribution < 1.29 is 4.42 Å². The second kappa shape index (κ2) is 12.4. The van der Waals surface area contributed by atoms with E-state index in [1.165, 1.54) is 80.9 Å². The number of nitrogens with one attached hydrogen (secondary N) is 1. The number of furan rings is 1.